The van der Waals surface area contributed by atoms with Gasteiger partial charge in [0.1, 0.15) is 11.5 Å². The van der Waals surface area contributed by atoms with E-state index >= 15 is 0 Å². The van der Waals surface area contributed by atoms with Crippen LogP contribution in [0.2, 0.25) is 0 Å². The van der Waals surface area contributed by atoms with E-state index in [4.69, 9.17) is 9.63 Å². The zero-order valence-electron chi connectivity index (χ0n) is 11.7. The van der Waals surface area contributed by atoms with Crippen molar-refractivity contribution in [3.8, 4) is 22.4 Å². The first-order valence-electron chi connectivity index (χ1n) is 7.09. The van der Waals surface area contributed by atoms with Crippen molar-refractivity contribution in [3.05, 3.63) is 66.4 Å². The van der Waals surface area contributed by atoms with Gasteiger partial charge in [-0.25, -0.2) is 0 Å². The monoisotopic (exact) mass is 279 g/mol. The van der Waals surface area contributed by atoms with Gasteiger partial charge in [-0.3, -0.25) is 0 Å². The molecule has 0 saturated carbocycles. The van der Waals surface area contributed by atoms with E-state index in [0.29, 0.717) is 12.8 Å². The lowest BCUT2D eigenvalue weighted by molar-refractivity contribution is 0.280. The molecule has 1 heterocycles. The van der Waals surface area contributed by atoms with Crippen molar-refractivity contribution in [2.45, 2.75) is 12.8 Å². The summed E-state index contributed by atoms with van der Waals surface area (Å²) < 4.78 is 5.27. The molecule has 0 atom stereocenters. The van der Waals surface area contributed by atoms with E-state index in [-0.39, 0.29) is 6.61 Å². The number of aliphatic hydroxyl groups excluding tert-OH is 1. The largest absolute Gasteiger partial charge is 0.396 e. The molecule has 2 aromatic carbocycles. The van der Waals surface area contributed by atoms with Crippen molar-refractivity contribution in [2.24, 2.45) is 0 Å². The van der Waals surface area contributed by atoms with Crippen molar-refractivity contribution in [1.82, 2.24) is 5.16 Å². The average molecular weight is 279 g/mol. The Labute approximate surface area is 123 Å². The van der Waals surface area contributed by atoms with Crippen LogP contribution in [0.5, 0.6) is 0 Å². The number of rotatable bonds is 5. The SMILES string of the molecule is OCCCc1cc(-c2ccc(-c3ccccc3)cc2)no1. The van der Waals surface area contributed by atoms with Crippen LogP contribution in [-0.4, -0.2) is 16.9 Å². The summed E-state index contributed by atoms with van der Waals surface area (Å²) in [4.78, 5) is 0. The van der Waals surface area contributed by atoms with Crippen LogP contribution < -0.4 is 0 Å². The molecule has 0 aliphatic carbocycles. The molecule has 3 aromatic rings. The molecule has 0 spiro atoms. The minimum atomic E-state index is 0.168. The van der Waals surface area contributed by atoms with Gasteiger partial charge in [-0.2, -0.15) is 0 Å². The summed E-state index contributed by atoms with van der Waals surface area (Å²) in [5.74, 6) is 0.811. The van der Waals surface area contributed by atoms with Crippen LogP contribution in [0.25, 0.3) is 22.4 Å². The number of hydrogen-bond donors (Lipinski definition) is 1. The zero-order chi connectivity index (χ0) is 14.5. The number of aromatic nitrogens is 1. The third-order valence-corrected chi connectivity index (χ3v) is 3.43. The van der Waals surface area contributed by atoms with Crippen LogP contribution in [0.4, 0.5) is 0 Å². The molecule has 3 heteroatoms. The molecular weight excluding hydrogens is 262 g/mol. The highest BCUT2D eigenvalue weighted by molar-refractivity contribution is 5.68. The van der Waals surface area contributed by atoms with Crippen molar-refractivity contribution >= 4 is 0 Å². The van der Waals surface area contributed by atoms with Gasteiger partial charge in [0, 0.05) is 24.7 Å². The molecule has 0 unspecified atom stereocenters. The first-order valence-corrected chi connectivity index (χ1v) is 7.09. The molecule has 0 amide bonds. The van der Waals surface area contributed by atoms with E-state index in [9.17, 15) is 0 Å². The zero-order valence-corrected chi connectivity index (χ0v) is 11.7. The fourth-order valence-corrected chi connectivity index (χ4v) is 2.28. The summed E-state index contributed by atoms with van der Waals surface area (Å²) in [5, 5.41) is 12.9. The highest BCUT2D eigenvalue weighted by Crippen LogP contribution is 2.24. The maximum absolute atomic E-state index is 8.83. The molecule has 0 fully saturated rings. The molecule has 0 aliphatic rings. The van der Waals surface area contributed by atoms with Gasteiger partial charge < -0.3 is 9.63 Å². The summed E-state index contributed by atoms with van der Waals surface area (Å²) in [6.45, 7) is 0.168. The standard InChI is InChI=1S/C18H17NO2/c20-12-4-7-17-13-18(19-21-17)16-10-8-15(9-11-16)14-5-2-1-3-6-14/h1-3,5-6,8-11,13,20H,4,7,12H2. The molecule has 21 heavy (non-hydrogen) atoms. The molecule has 3 rings (SSSR count). The van der Waals surface area contributed by atoms with Gasteiger partial charge in [-0.05, 0) is 17.5 Å². The lowest BCUT2D eigenvalue weighted by Crippen LogP contribution is -1.86. The minimum absolute atomic E-state index is 0.168. The van der Waals surface area contributed by atoms with Gasteiger partial charge in [0.15, 0.2) is 0 Å². The van der Waals surface area contributed by atoms with Crippen molar-refractivity contribution in [3.63, 3.8) is 0 Å². The molecule has 1 aromatic heterocycles. The molecular formula is C18H17NO2. The highest BCUT2D eigenvalue weighted by atomic mass is 16.5. The van der Waals surface area contributed by atoms with E-state index in [0.717, 1.165) is 17.0 Å². The van der Waals surface area contributed by atoms with Crippen LogP contribution in [0.3, 0.4) is 0 Å². The Bertz CT molecular complexity index is 687. The molecule has 0 bridgehead atoms. The van der Waals surface area contributed by atoms with Crippen LogP contribution in [0, 0.1) is 0 Å². The highest BCUT2D eigenvalue weighted by Gasteiger charge is 2.06. The van der Waals surface area contributed by atoms with Gasteiger partial charge in [0.2, 0.25) is 0 Å². The number of aliphatic hydroxyl groups is 1. The van der Waals surface area contributed by atoms with E-state index in [2.05, 4.69) is 41.6 Å². The first kappa shape index (κ1) is 13.6. The van der Waals surface area contributed by atoms with Crippen molar-refractivity contribution < 1.29 is 9.63 Å². The Hall–Kier alpha value is -2.39. The van der Waals surface area contributed by atoms with E-state index < -0.39 is 0 Å². The number of aryl methyl sites for hydroxylation is 1. The summed E-state index contributed by atoms with van der Waals surface area (Å²) in [6.07, 6.45) is 1.41. The maximum atomic E-state index is 8.83. The summed E-state index contributed by atoms with van der Waals surface area (Å²) in [6, 6.07) is 20.5. The van der Waals surface area contributed by atoms with Gasteiger partial charge >= 0.3 is 0 Å². The Morgan fingerprint density at radius 3 is 2.24 bits per heavy atom. The summed E-state index contributed by atoms with van der Waals surface area (Å²) in [5.41, 5.74) is 4.26. The lowest BCUT2D eigenvalue weighted by atomic mass is 10.0. The second kappa shape index (κ2) is 6.37. The topological polar surface area (TPSA) is 46.3 Å². The Balaban J connectivity index is 1.79. The van der Waals surface area contributed by atoms with E-state index in [1.807, 2.05) is 24.3 Å². The van der Waals surface area contributed by atoms with Crippen LogP contribution in [-0.2, 0) is 6.42 Å². The number of hydrogen-bond acceptors (Lipinski definition) is 3. The number of benzene rings is 2. The fourth-order valence-electron chi connectivity index (χ4n) is 2.28. The first-order chi connectivity index (χ1) is 10.4. The Morgan fingerprint density at radius 2 is 1.52 bits per heavy atom. The van der Waals surface area contributed by atoms with Crippen molar-refractivity contribution in [2.75, 3.05) is 6.61 Å². The van der Waals surface area contributed by atoms with Gasteiger partial charge in [0.05, 0.1) is 0 Å². The molecule has 0 radical (unpaired) electrons. The summed E-state index contributed by atoms with van der Waals surface area (Å²) >= 11 is 0. The van der Waals surface area contributed by atoms with Gasteiger partial charge in [-0.15, -0.1) is 0 Å². The predicted octanol–water partition coefficient (Wildman–Crippen LogP) is 3.93. The molecule has 106 valence electrons. The van der Waals surface area contributed by atoms with E-state index in [1.165, 1.54) is 11.1 Å². The molecule has 0 saturated heterocycles. The Kier molecular flexibility index (Phi) is 4.12. The minimum Gasteiger partial charge on any atom is -0.396 e. The maximum Gasteiger partial charge on any atom is 0.137 e. The average Bonchev–Trinajstić information content (AvgIpc) is 3.03. The van der Waals surface area contributed by atoms with Crippen LogP contribution >= 0.6 is 0 Å². The molecule has 3 nitrogen and oxygen atoms in total. The lowest BCUT2D eigenvalue weighted by Gasteiger charge is -2.02. The van der Waals surface area contributed by atoms with Crippen molar-refractivity contribution in [1.29, 1.82) is 0 Å². The molecule has 0 aliphatic heterocycles. The second-order valence-electron chi connectivity index (χ2n) is 4.95. The fraction of sp³-hybridized carbons (Fsp3) is 0.167. The smallest absolute Gasteiger partial charge is 0.137 e. The predicted molar refractivity (Wildman–Crippen MR) is 82.8 cm³/mol. The molecule has 1 N–H and O–H groups in total. The summed E-state index contributed by atoms with van der Waals surface area (Å²) in [7, 11) is 0. The van der Waals surface area contributed by atoms with Gasteiger partial charge in [0.25, 0.3) is 0 Å². The third kappa shape index (κ3) is 3.20. The van der Waals surface area contributed by atoms with Crippen LogP contribution in [0.1, 0.15) is 12.2 Å². The van der Waals surface area contributed by atoms with Crippen LogP contribution in [0.15, 0.2) is 65.2 Å². The third-order valence-electron chi connectivity index (χ3n) is 3.43. The second-order valence-corrected chi connectivity index (χ2v) is 4.95. The number of nitrogens with zero attached hydrogens (tertiary/aromatic N) is 1. The van der Waals surface area contributed by atoms with E-state index in [1.54, 1.807) is 0 Å². The quantitative estimate of drug-likeness (QED) is 0.769. The van der Waals surface area contributed by atoms with Gasteiger partial charge in [-0.1, -0.05) is 59.8 Å². The Morgan fingerprint density at radius 1 is 0.857 bits per heavy atom. The normalized spacial score (nSPS) is 10.7.